The lowest BCUT2D eigenvalue weighted by Crippen LogP contribution is -2.35. The van der Waals surface area contributed by atoms with Crippen molar-refractivity contribution in [2.45, 2.75) is 38.0 Å². The highest BCUT2D eigenvalue weighted by atomic mass is 32.1. The van der Waals surface area contributed by atoms with Crippen LogP contribution in [0.1, 0.15) is 41.9 Å². The summed E-state index contributed by atoms with van der Waals surface area (Å²) in [6, 6.07) is 5.37. The number of aromatic nitrogens is 2. The van der Waals surface area contributed by atoms with Gasteiger partial charge in [-0.2, -0.15) is 0 Å². The monoisotopic (exact) mass is 430 g/mol. The summed E-state index contributed by atoms with van der Waals surface area (Å²) in [5.74, 6) is -1.96. The van der Waals surface area contributed by atoms with Crippen LogP contribution >= 0.6 is 11.3 Å². The maximum Gasteiger partial charge on any atom is 0.275 e. The van der Waals surface area contributed by atoms with Crippen LogP contribution in [0.2, 0.25) is 0 Å². The smallest absolute Gasteiger partial charge is 0.275 e. The number of pyridine rings is 1. The quantitative estimate of drug-likeness (QED) is 0.644. The van der Waals surface area contributed by atoms with Crippen LogP contribution < -0.4 is 11.1 Å². The predicted molar refractivity (Wildman–Crippen MR) is 110 cm³/mol. The molecular weight excluding hydrogens is 410 g/mol. The van der Waals surface area contributed by atoms with Crippen molar-refractivity contribution in [3.05, 3.63) is 64.9 Å². The van der Waals surface area contributed by atoms with Crippen LogP contribution in [0.3, 0.4) is 0 Å². The molecule has 1 aromatic carbocycles. The van der Waals surface area contributed by atoms with E-state index in [9.17, 15) is 13.6 Å². The fourth-order valence-corrected chi connectivity index (χ4v) is 4.41. The van der Waals surface area contributed by atoms with E-state index in [0.717, 1.165) is 35.5 Å². The van der Waals surface area contributed by atoms with Gasteiger partial charge in [-0.15, -0.1) is 11.3 Å². The fraction of sp³-hybridized carbons (Fsp3) is 0.286. The average molecular weight is 430 g/mol. The SMILES string of the molecule is C[C@@H]1CC(N)CC(c2ccncc2NC(=O)c2csc(-c3c(F)cccc3F)n2)O1. The van der Waals surface area contributed by atoms with Crippen molar-refractivity contribution < 1.29 is 18.3 Å². The number of thiazole rings is 1. The molecule has 0 spiro atoms. The molecule has 1 aliphatic heterocycles. The number of nitrogens with two attached hydrogens (primary N) is 1. The van der Waals surface area contributed by atoms with Crippen LogP contribution in [0.5, 0.6) is 0 Å². The predicted octanol–water partition coefficient (Wildman–Crippen LogP) is 4.30. The van der Waals surface area contributed by atoms with E-state index in [1.54, 1.807) is 12.3 Å². The summed E-state index contributed by atoms with van der Waals surface area (Å²) < 4.78 is 34.0. The Labute approximate surface area is 176 Å². The van der Waals surface area contributed by atoms with Crippen LogP contribution in [0.25, 0.3) is 10.6 Å². The summed E-state index contributed by atoms with van der Waals surface area (Å²) in [6.45, 7) is 1.96. The van der Waals surface area contributed by atoms with E-state index in [1.807, 2.05) is 6.92 Å². The normalized spacial score (nSPS) is 21.4. The summed E-state index contributed by atoms with van der Waals surface area (Å²) in [4.78, 5) is 20.9. The van der Waals surface area contributed by atoms with Gasteiger partial charge in [0.15, 0.2) is 0 Å². The van der Waals surface area contributed by atoms with Gasteiger partial charge in [0.1, 0.15) is 22.3 Å². The standard InChI is InChI=1S/C21H20F2N4O2S/c1-11-7-12(24)8-18(29-11)13-5-6-25-9-16(13)26-20(28)17-10-30-21(27-17)19-14(22)3-2-4-15(19)23/h2-6,9-12,18H,7-8,24H2,1H3,(H,26,28)/t11-,12?,18?/m1/s1. The number of ether oxygens (including phenoxy) is 1. The van der Waals surface area contributed by atoms with Crippen molar-refractivity contribution in [1.29, 1.82) is 0 Å². The number of carbonyl (C=O) groups excluding carboxylic acids is 1. The molecule has 1 saturated heterocycles. The van der Waals surface area contributed by atoms with Gasteiger partial charge in [0.2, 0.25) is 0 Å². The van der Waals surface area contributed by atoms with Crippen LogP contribution in [-0.2, 0) is 4.74 Å². The summed E-state index contributed by atoms with van der Waals surface area (Å²) in [7, 11) is 0. The molecule has 3 atom stereocenters. The number of anilines is 1. The molecule has 1 aliphatic rings. The molecule has 156 valence electrons. The number of hydrogen-bond donors (Lipinski definition) is 2. The molecule has 1 amide bonds. The van der Waals surface area contributed by atoms with E-state index in [2.05, 4.69) is 15.3 Å². The van der Waals surface area contributed by atoms with Gasteiger partial charge in [0, 0.05) is 23.2 Å². The van der Waals surface area contributed by atoms with Crippen LogP contribution in [0, 0.1) is 11.6 Å². The molecule has 3 aromatic rings. The number of carbonyl (C=O) groups is 1. The Morgan fingerprint density at radius 2 is 2.03 bits per heavy atom. The largest absolute Gasteiger partial charge is 0.370 e. The zero-order valence-corrected chi connectivity index (χ0v) is 17.0. The first-order valence-corrected chi connectivity index (χ1v) is 10.4. The molecule has 2 aromatic heterocycles. The molecule has 2 unspecified atom stereocenters. The van der Waals surface area contributed by atoms with Crippen molar-refractivity contribution in [3.63, 3.8) is 0 Å². The summed E-state index contributed by atoms with van der Waals surface area (Å²) in [5.41, 5.74) is 7.19. The lowest BCUT2D eigenvalue weighted by atomic mass is 9.95. The minimum absolute atomic E-state index is 0.00670. The van der Waals surface area contributed by atoms with Gasteiger partial charge in [-0.1, -0.05) is 6.07 Å². The molecule has 0 bridgehead atoms. The zero-order valence-electron chi connectivity index (χ0n) is 16.1. The number of halogens is 2. The average Bonchev–Trinajstić information content (AvgIpc) is 3.17. The fourth-order valence-electron chi connectivity index (χ4n) is 3.56. The Morgan fingerprint density at radius 1 is 1.27 bits per heavy atom. The Balaban J connectivity index is 1.57. The molecule has 3 N–H and O–H groups in total. The Kier molecular flexibility index (Phi) is 5.85. The molecule has 0 aliphatic carbocycles. The van der Waals surface area contributed by atoms with Gasteiger partial charge < -0.3 is 15.8 Å². The van der Waals surface area contributed by atoms with Crippen molar-refractivity contribution in [2.75, 3.05) is 5.32 Å². The lowest BCUT2D eigenvalue weighted by Gasteiger charge is -2.33. The second-order valence-corrected chi connectivity index (χ2v) is 8.08. The molecule has 4 rings (SSSR count). The van der Waals surface area contributed by atoms with Crippen LogP contribution in [0.15, 0.2) is 42.0 Å². The van der Waals surface area contributed by atoms with Crippen LogP contribution in [0.4, 0.5) is 14.5 Å². The maximum atomic E-state index is 14.0. The van der Waals surface area contributed by atoms with E-state index in [1.165, 1.54) is 17.6 Å². The number of amides is 1. The second kappa shape index (κ2) is 8.55. The maximum absolute atomic E-state index is 14.0. The summed E-state index contributed by atoms with van der Waals surface area (Å²) in [6.07, 6.45) is 4.31. The molecule has 30 heavy (non-hydrogen) atoms. The highest BCUT2D eigenvalue weighted by Gasteiger charge is 2.28. The first kappa shape index (κ1) is 20.5. The second-order valence-electron chi connectivity index (χ2n) is 7.22. The van der Waals surface area contributed by atoms with Crippen molar-refractivity contribution in [1.82, 2.24) is 9.97 Å². The van der Waals surface area contributed by atoms with Gasteiger partial charge in [-0.05, 0) is 38.0 Å². The highest BCUT2D eigenvalue weighted by molar-refractivity contribution is 7.13. The third-order valence-corrected chi connectivity index (χ3v) is 5.77. The van der Waals surface area contributed by atoms with Gasteiger partial charge in [-0.25, -0.2) is 13.8 Å². The summed E-state index contributed by atoms with van der Waals surface area (Å²) >= 11 is 0.994. The third-order valence-electron chi connectivity index (χ3n) is 4.91. The van der Waals surface area contributed by atoms with Gasteiger partial charge >= 0.3 is 0 Å². The minimum Gasteiger partial charge on any atom is -0.370 e. The van der Waals surface area contributed by atoms with E-state index < -0.39 is 17.5 Å². The zero-order chi connectivity index (χ0) is 21.3. The number of nitrogens with one attached hydrogen (secondary N) is 1. The number of benzene rings is 1. The van der Waals surface area contributed by atoms with Gasteiger partial charge in [0.25, 0.3) is 5.91 Å². The Hall–Kier alpha value is -2.75. The molecule has 0 radical (unpaired) electrons. The molecule has 9 heteroatoms. The van der Waals surface area contributed by atoms with Crippen molar-refractivity contribution in [3.8, 4) is 10.6 Å². The lowest BCUT2D eigenvalue weighted by molar-refractivity contribution is -0.0483. The van der Waals surface area contributed by atoms with E-state index in [4.69, 9.17) is 10.5 Å². The number of hydrogen-bond acceptors (Lipinski definition) is 6. The minimum atomic E-state index is -0.731. The van der Waals surface area contributed by atoms with E-state index >= 15 is 0 Å². The van der Waals surface area contributed by atoms with E-state index in [-0.39, 0.29) is 34.5 Å². The highest BCUT2D eigenvalue weighted by Crippen LogP contribution is 2.35. The topological polar surface area (TPSA) is 90.1 Å². The Morgan fingerprint density at radius 3 is 2.77 bits per heavy atom. The van der Waals surface area contributed by atoms with Crippen molar-refractivity contribution in [2.24, 2.45) is 5.73 Å². The third kappa shape index (κ3) is 4.23. The van der Waals surface area contributed by atoms with Gasteiger partial charge in [-0.3, -0.25) is 9.78 Å². The molecule has 3 heterocycles. The molecule has 1 fully saturated rings. The Bertz CT molecular complexity index is 1040. The molecule has 0 saturated carbocycles. The first-order valence-electron chi connectivity index (χ1n) is 9.48. The number of nitrogens with zero attached hydrogens (tertiary/aromatic N) is 2. The molecular formula is C21H20F2N4O2S. The van der Waals surface area contributed by atoms with Crippen LogP contribution in [-0.4, -0.2) is 28.0 Å². The molecule has 6 nitrogen and oxygen atoms in total. The van der Waals surface area contributed by atoms with E-state index in [0.29, 0.717) is 12.1 Å². The number of rotatable bonds is 4. The van der Waals surface area contributed by atoms with Crippen molar-refractivity contribution >= 4 is 22.9 Å². The van der Waals surface area contributed by atoms with Gasteiger partial charge in [0.05, 0.1) is 29.7 Å². The summed E-state index contributed by atoms with van der Waals surface area (Å²) in [5, 5.41) is 4.34. The first-order chi connectivity index (χ1) is 14.4.